The fourth-order valence-electron chi connectivity index (χ4n) is 3.18. The zero-order valence-corrected chi connectivity index (χ0v) is 15.1. The van der Waals surface area contributed by atoms with Crippen molar-refractivity contribution in [2.75, 3.05) is 24.5 Å². The summed E-state index contributed by atoms with van der Waals surface area (Å²) in [6.45, 7) is 3.57. The fourth-order valence-corrected chi connectivity index (χ4v) is 3.74. The number of hydrogen-bond acceptors (Lipinski definition) is 4. The number of sulfonamides is 1. The highest BCUT2D eigenvalue weighted by molar-refractivity contribution is 7.89. The number of carbonyl (C=O) groups excluding carboxylic acids is 1. The van der Waals surface area contributed by atoms with Gasteiger partial charge >= 0.3 is 0 Å². The normalized spacial score (nSPS) is 17.4. The second kappa shape index (κ2) is 7.76. The van der Waals surface area contributed by atoms with E-state index in [1.54, 1.807) is 11.0 Å². The molecule has 1 aromatic carbocycles. The Morgan fingerprint density at radius 1 is 1.44 bits per heavy atom. The highest BCUT2D eigenvalue weighted by atomic mass is 32.2. The number of nitrogens with two attached hydrogens (primary N) is 1. The van der Waals surface area contributed by atoms with Crippen molar-refractivity contribution in [3.8, 4) is 0 Å². The van der Waals surface area contributed by atoms with E-state index in [1.165, 1.54) is 17.0 Å². The molecule has 6 nitrogen and oxygen atoms in total. The summed E-state index contributed by atoms with van der Waals surface area (Å²) in [6.07, 6.45) is -1.34. The third kappa shape index (κ3) is 4.74. The van der Waals surface area contributed by atoms with Gasteiger partial charge in [-0.05, 0) is 50.1 Å². The molecule has 2 N–H and O–H groups in total. The monoisotopic (exact) mass is 375 g/mol. The number of benzene rings is 1. The lowest BCUT2D eigenvalue weighted by molar-refractivity contribution is -0.120. The number of fused-ring (bicyclic) bond motifs is 1. The Kier molecular flexibility index (Phi) is 6.12. The highest BCUT2D eigenvalue weighted by Crippen LogP contribution is 2.33. The molecule has 1 aromatic rings. The molecule has 1 heterocycles. The first-order chi connectivity index (χ1) is 11.6. The van der Waals surface area contributed by atoms with Crippen LogP contribution in [-0.4, -0.2) is 51.3 Å². The minimum Gasteiger partial charge on any atom is -0.308 e. The van der Waals surface area contributed by atoms with E-state index >= 15 is 0 Å². The highest BCUT2D eigenvalue weighted by Gasteiger charge is 2.32. The van der Waals surface area contributed by atoms with Gasteiger partial charge in [0.15, 0.2) is 0 Å². The van der Waals surface area contributed by atoms with Gasteiger partial charge in [-0.3, -0.25) is 9.69 Å². The Morgan fingerprint density at radius 2 is 2.12 bits per heavy atom. The average molecular weight is 375 g/mol. The summed E-state index contributed by atoms with van der Waals surface area (Å²) in [7, 11) is -3.81. The van der Waals surface area contributed by atoms with Gasteiger partial charge in [0.2, 0.25) is 15.9 Å². The fraction of sp³-hybridized carbons (Fsp3) is 0.562. The summed E-state index contributed by atoms with van der Waals surface area (Å²) >= 11 is 0. The Bertz CT molecular complexity index is 740. The van der Waals surface area contributed by atoms with Gasteiger partial charge in [0.1, 0.15) is 0 Å². The zero-order valence-electron chi connectivity index (χ0n) is 14.3. The Balaban J connectivity index is 2.22. The van der Waals surface area contributed by atoms with Gasteiger partial charge in [-0.25, -0.2) is 22.3 Å². The minimum atomic E-state index is -3.81. The minimum absolute atomic E-state index is 0.00180. The van der Waals surface area contributed by atoms with E-state index in [1.807, 2.05) is 13.8 Å². The van der Waals surface area contributed by atoms with Crippen molar-refractivity contribution in [3.05, 3.63) is 23.8 Å². The molecule has 1 unspecified atom stereocenters. The molecule has 1 amide bonds. The van der Waals surface area contributed by atoms with Crippen LogP contribution in [0.15, 0.2) is 23.1 Å². The lowest BCUT2D eigenvalue weighted by Gasteiger charge is -2.27. The van der Waals surface area contributed by atoms with E-state index in [9.17, 15) is 22.0 Å². The molecule has 0 radical (unpaired) electrons. The number of hydrogen-bond donors (Lipinski definition) is 1. The molecule has 0 fully saturated rings. The van der Waals surface area contributed by atoms with Gasteiger partial charge < -0.3 is 4.90 Å². The van der Waals surface area contributed by atoms with Crippen molar-refractivity contribution < 1.29 is 22.0 Å². The first-order valence-electron chi connectivity index (χ1n) is 8.11. The molecule has 2 rings (SSSR count). The quantitative estimate of drug-likeness (QED) is 0.784. The number of nitrogens with zero attached hydrogens (tertiary/aromatic N) is 2. The molecule has 0 spiro atoms. The topological polar surface area (TPSA) is 83.7 Å². The van der Waals surface area contributed by atoms with E-state index in [-0.39, 0.29) is 23.4 Å². The smallest absolute Gasteiger partial charge is 0.251 e. The number of rotatable bonds is 7. The summed E-state index contributed by atoms with van der Waals surface area (Å²) in [5.41, 5.74) is 1.32. The second-order valence-corrected chi connectivity index (χ2v) is 7.84. The molecule has 1 aliphatic rings. The van der Waals surface area contributed by atoms with Crippen LogP contribution in [0.4, 0.5) is 14.5 Å². The maximum atomic E-state index is 12.7. The van der Waals surface area contributed by atoms with Crippen LogP contribution in [0.1, 0.15) is 25.8 Å². The molecule has 0 saturated carbocycles. The molecule has 140 valence electrons. The zero-order chi connectivity index (χ0) is 18.8. The maximum Gasteiger partial charge on any atom is 0.251 e. The number of carbonyl (C=O) groups is 1. The molecule has 0 saturated heterocycles. The lowest BCUT2D eigenvalue weighted by Crippen LogP contribution is -2.44. The standard InChI is InChI=1S/C16H23F2N3O3S/c1-3-6-20(9-15(17)18)10-16(22)21-11(2)7-12-8-13(25(19,23)24)4-5-14(12)21/h4-5,8,11,15H,3,6-7,9-10H2,1-2H3,(H2,19,23,24). The van der Waals surface area contributed by atoms with E-state index in [4.69, 9.17) is 5.14 Å². The largest absolute Gasteiger partial charge is 0.308 e. The number of anilines is 1. The predicted octanol–water partition coefficient (Wildman–Crippen LogP) is 1.59. The Morgan fingerprint density at radius 3 is 2.68 bits per heavy atom. The van der Waals surface area contributed by atoms with E-state index in [0.717, 1.165) is 0 Å². The van der Waals surface area contributed by atoms with Gasteiger partial charge in [0.05, 0.1) is 18.0 Å². The summed E-state index contributed by atoms with van der Waals surface area (Å²) < 4.78 is 48.3. The van der Waals surface area contributed by atoms with Crippen LogP contribution in [0.25, 0.3) is 0 Å². The molecule has 0 bridgehead atoms. The van der Waals surface area contributed by atoms with Crippen LogP contribution < -0.4 is 10.0 Å². The first kappa shape index (κ1) is 19.7. The lowest BCUT2D eigenvalue weighted by atomic mass is 10.1. The number of amides is 1. The van der Waals surface area contributed by atoms with Crippen molar-refractivity contribution in [3.63, 3.8) is 0 Å². The third-order valence-corrected chi connectivity index (χ3v) is 5.07. The first-order valence-corrected chi connectivity index (χ1v) is 9.66. The summed E-state index contributed by atoms with van der Waals surface area (Å²) in [5, 5.41) is 5.14. The molecular formula is C16H23F2N3O3S. The van der Waals surface area contributed by atoms with Crippen LogP contribution in [0, 0.1) is 0 Å². The molecule has 9 heteroatoms. The maximum absolute atomic E-state index is 12.7. The van der Waals surface area contributed by atoms with Crippen LogP contribution in [-0.2, 0) is 21.2 Å². The number of alkyl halides is 2. The van der Waals surface area contributed by atoms with Crippen molar-refractivity contribution in [1.82, 2.24) is 4.90 Å². The summed E-state index contributed by atoms with van der Waals surface area (Å²) in [4.78, 5) is 15.7. The third-order valence-electron chi connectivity index (χ3n) is 4.16. The van der Waals surface area contributed by atoms with Crippen molar-refractivity contribution >= 4 is 21.6 Å². The van der Waals surface area contributed by atoms with E-state index in [2.05, 4.69) is 0 Å². The Hall–Kier alpha value is -1.58. The molecule has 1 aliphatic heterocycles. The summed E-state index contributed by atoms with van der Waals surface area (Å²) in [6, 6.07) is 4.20. The van der Waals surface area contributed by atoms with Crippen molar-refractivity contribution in [2.45, 2.75) is 44.1 Å². The average Bonchev–Trinajstić information content (AvgIpc) is 2.80. The van der Waals surface area contributed by atoms with E-state index in [0.29, 0.717) is 30.6 Å². The van der Waals surface area contributed by atoms with Crippen LogP contribution >= 0.6 is 0 Å². The van der Waals surface area contributed by atoms with Crippen LogP contribution in [0.2, 0.25) is 0 Å². The Labute approximate surface area is 146 Å². The predicted molar refractivity (Wildman–Crippen MR) is 91.2 cm³/mol. The summed E-state index contributed by atoms with van der Waals surface area (Å²) in [5.74, 6) is -0.274. The van der Waals surface area contributed by atoms with Gasteiger partial charge in [-0.2, -0.15) is 0 Å². The van der Waals surface area contributed by atoms with Crippen molar-refractivity contribution in [1.29, 1.82) is 0 Å². The van der Waals surface area contributed by atoms with Gasteiger partial charge in [-0.15, -0.1) is 0 Å². The molecular weight excluding hydrogens is 352 g/mol. The van der Waals surface area contributed by atoms with Gasteiger partial charge in [0.25, 0.3) is 6.43 Å². The van der Waals surface area contributed by atoms with Crippen molar-refractivity contribution in [2.24, 2.45) is 5.14 Å². The number of primary sulfonamides is 1. The van der Waals surface area contributed by atoms with E-state index < -0.39 is 23.0 Å². The molecule has 0 aliphatic carbocycles. The number of halogens is 2. The molecule has 1 atom stereocenters. The second-order valence-electron chi connectivity index (χ2n) is 6.28. The molecule has 25 heavy (non-hydrogen) atoms. The van der Waals surface area contributed by atoms with Crippen LogP contribution in [0.3, 0.4) is 0 Å². The molecule has 0 aromatic heterocycles. The SMILES string of the molecule is CCCN(CC(=O)N1c2ccc(S(N)(=O)=O)cc2CC1C)CC(F)F. The van der Waals surface area contributed by atoms with Crippen LogP contribution in [0.5, 0.6) is 0 Å². The van der Waals surface area contributed by atoms with Gasteiger partial charge in [0, 0.05) is 11.7 Å². The van der Waals surface area contributed by atoms with Gasteiger partial charge in [-0.1, -0.05) is 6.92 Å².